The van der Waals surface area contributed by atoms with E-state index >= 15 is 0 Å². The number of carbonyl (C=O) groups is 2. The van der Waals surface area contributed by atoms with Crippen LogP contribution in [0.2, 0.25) is 0 Å². The number of carbonyl (C=O) groups excluding carboxylic acids is 2. The lowest BCUT2D eigenvalue weighted by atomic mass is 9.95. The third-order valence-electron chi connectivity index (χ3n) is 5.86. The number of likely N-dealkylation sites (N-methyl/N-ethyl adjacent to an activating group) is 1. The number of nitriles is 1. The van der Waals surface area contributed by atoms with Crippen LogP contribution in [-0.2, 0) is 22.4 Å². The van der Waals surface area contributed by atoms with Gasteiger partial charge in [-0.15, -0.1) is 0 Å². The molecule has 8 heteroatoms. The molecule has 1 aliphatic carbocycles. The van der Waals surface area contributed by atoms with Crippen LogP contribution in [0.25, 0.3) is 5.69 Å². The Morgan fingerprint density at radius 1 is 1.09 bits per heavy atom. The second kappa shape index (κ2) is 10.3. The molecule has 2 N–H and O–H groups in total. The average molecular weight is 457 g/mol. The monoisotopic (exact) mass is 456 g/mol. The summed E-state index contributed by atoms with van der Waals surface area (Å²) in [5.74, 6) is 0.446. The molecule has 1 aromatic carbocycles. The molecule has 174 valence electrons. The first kappa shape index (κ1) is 23.2. The Morgan fingerprint density at radius 3 is 2.50 bits per heavy atom. The lowest BCUT2D eigenvalue weighted by Gasteiger charge is -2.18. The zero-order valence-electron chi connectivity index (χ0n) is 19.5. The van der Waals surface area contributed by atoms with Crippen LogP contribution in [0.15, 0.2) is 48.7 Å². The van der Waals surface area contributed by atoms with Gasteiger partial charge in [0.1, 0.15) is 17.7 Å². The molecule has 34 heavy (non-hydrogen) atoms. The number of fused-ring (bicyclic) bond motifs is 1. The van der Waals surface area contributed by atoms with E-state index in [9.17, 15) is 14.9 Å². The van der Waals surface area contributed by atoms with Gasteiger partial charge in [-0.05, 0) is 75.0 Å². The maximum absolute atomic E-state index is 13.0. The number of anilines is 2. The minimum Gasteiger partial charge on any atom is -0.310 e. The standard InChI is InChI=1S/C26H28N6O2/c1-18-12-13-28-23(14-18)29-24(33)16-31(2)17-25(34)30-26-21(15-27)20-10-6-7-11-22(20)32(26)19-8-4-3-5-9-19/h3-5,8-9,12-14H,6-7,10-11,16-17H2,1-2H3,(H,30,34)(H,28,29,33). The van der Waals surface area contributed by atoms with Gasteiger partial charge in [0.05, 0.1) is 18.7 Å². The Labute approximate surface area is 199 Å². The number of pyridine rings is 1. The fourth-order valence-electron chi connectivity index (χ4n) is 4.40. The number of para-hydroxylation sites is 1. The molecular formula is C26H28N6O2. The molecule has 0 radical (unpaired) electrons. The van der Waals surface area contributed by atoms with Gasteiger partial charge in [-0.3, -0.25) is 19.1 Å². The third-order valence-corrected chi connectivity index (χ3v) is 5.86. The highest BCUT2D eigenvalue weighted by molar-refractivity contribution is 5.95. The van der Waals surface area contributed by atoms with Gasteiger partial charge in [-0.1, -0.05) is 18.2 Å². The summed E-state index contributed by atoms with van der Waals surface area (Å²) < 4.78 is 2.00. The molecular weight excluding hydrogens is 428 g/mol. The number of hydrogen-bond acceptors (Lipinski definition) is 5. The van der Waals surface area contributed by atoms with Crippen LogP contribution in [0, 0.1) is 18.3 Å². The van der Waals surface area contributed by atoms with Crippen molar-refractivity contribution in [2.75, 3.05) is 30.8 Å². The van der Waals surface area contributed by atoms with Gasteiger partial charge >= 0.3 is 0 Å². The molecule has 0 bridgehead atoms. The number of nitrogens with zero attached hydrogens (tertiary/aromatic N) is 4. The van der Waals surface area contributed by atoms with Gasteiger partial charge in [-0.25, -0.2) is 4.98 Å². The molecule has 0 atom stereocenters. The van der Waals surface area contributed by atoms with Crippen LogP contribution in [0.5, 0.6) is 0 Å². The van der Waals surface area contributed by atoms with E-state index in [0.29, 0.717) is 17.2 Å². The van der Waals surface area contributed by atoms with Crippen molar-refractivity contribution in [2.45, 2.75) is 32.6 Å². The van der Waals surface area contributed by atoms with Crippen molar-refractivity contribution in [3.8, 4) is 11.8 Å². The van der Waals surface area contributed by atoms with Gasteiger partial charge in [0.25, 0.3) is 0 Å². The fraction of sp³-hybridized carbons (Fsp3) is 0.308. The minimum atomic E-state index is -0.285. The summed E-state index contributed by atoms with van der Waals surface area (Å²) in [5.41, 5.74) is 4.54. The van der Waals surface area contributed by atoms with Crippen molar-refractivity contribution in [2.24, 2.45) is 0 Å². The van der Waals surface area contributed by atoms with Gasteiger partial charge in [-0.2, -0.15) is 5.26 Å². The predicted octanol–water partition coefficient (Wildman–Crippen LogP) is 3.44. The number of amides is 2. The molecule has 2 amide bonds. The van der Waals surface area contributed by atoms with Crippen LogP contribution < -0.4 is 10.6 Å². The van der Waals surface area contributed by atoms with E-state index < -0.39 is 0 Å². The molecule has 0 saturated carbocycles. The summed E-state index contributed by atoms with van der Waals surface area (Å²) in [6, 6.07) is 15.7. The largest absolute Gasteiger partial charge is 0.310 e. The number of rotatable bonds is 7. The maximum Gasteiger partial charge on any atom is 0.239 e. The second-order valence-electron chi connectivity index (χ2n) is 8.63. The molecule has 3 aromatic rings. The zero-order valence-corrected chi connectivity index (χ0v) is 19.5. The molecule has 0 fully saturated rings. The van der Waals surface area contributed by atoms with E-state index in [1.165, 1.54) is 0 Å². The van der Waals surface area contributed by atoms with Gasteiger partial charge in [0.2, 0.25) is 11.8 Å². The van der Waals surface area contributed by atoms with Crippen molar-refractivity contribution in [1.29, 1.82) is 5.26 Å². The van der Waals surface area contributed by atoms with E-state index in [1.807, 2.05) is 47.9 Å². The number of benzene rings is 1. The summed E-state index contributed by atoms with van der Waals surface area (Å²) in [6.07, 6.45) is 5.41. The smallest absolute Gasteiger partial charge is 0.239 e. The molecule has 0 spiro atoms. The first-order valence-electron chi connectivity index (χ1n) is 11.4. The molecule has 0 saturated heterocycles. The Hall–Kier alpha value is -3.96. The average Bonchev–Trinajstić information content (AvgIpc) is 3.12. The highest BCUT2D eigenvalue weighted by atomic mass is 16.2. The number of hydrogen-bond donors (Lipinski definition) is 2. The van der Waals surface area contributed by atoms with Crippen molar-refractivity contribution < 1.29 is 9.59 Å². The van der Waals surface area contributed by atoms with E-state index in [-0.39, 0.29) is 24.9 Å². The van der Waals surface area contributed by atoms with Crippen molar-refractivity contribution >= 4 is 23.5 Å². The number of aromatic nitrogens is 2. The number of aryl methyl sites for hydroxylation is 1. The van der Waals surface area contributed by atoms with E-state index in [0.717, 1.165) is 48.2 Å². The molecule has 0 aliphatic heterocycles. The normalized spacial score (nSPS) is 12.6. The summed E-state index contributed by atoms with van der Waals surface area (Å²) in [7, 11) is 1.70. The van der Waals surface area contributed by atoms with Crippen molar-refractivity contribution in [1.82, 2.24) is 14.5 Å². The maximum atomic E-state index is 13.0. The second-order valence-corrected chi connectivity index (χ2v) is 8.63. The van der Waals surface area contributed by atoms with Gasteiger partial charge in [0, 0.05) is 17.6 Å². The molecule has 2 heterocycles. The predicted molar refractivity (Wildman–Crippen MR) is 131 cm³/mol. The van der Waals surface area contributed by atoms with Crippen molar-refractivity contribution in [3.63, 3.8) is 0 Å². The van der Waals surface area contributed by atoms with E-state index in [4.69, 9.17) is 0 Å². The van der Waals surface area contributed by atoms with Crippen molar-refractivity contribution in [3.05, 3.63) is 71.0 Å². The van der Waals surface area contributed by atoms with Crippen LogP contribution in [-0.4, -0.2) is 46.4 Å². The van der Waals surface area contributed by atoms with Gasteiger partial charge in [0.15, 0.2) is 0 Å². The lowest BCUT2D eigenvalue weighted by molar-refractivity contribution is -0.119. The highest BCUT2D eigenvalue weighted by Gasteiger charge is 2.27. The highest BCUT2D eigenvalue weighted by Crippen LogP contribution is 2.35. The van der Waals surface area contributed by atoms with Crippen LogP contribution >= 0.6 is 0 Å². The van der Waals surface area contributed by atoms with Crippen LogP contribution in [0.1, 0.15) is 35.2 Å². The lowest BCUT2D eigenvalue weighted by Crippen LogP contribution is -2.36. The molecule has 2 aromatic heterocycles. The Bertz CT molecular complexity index is 1240. The molecule has 0 unspecified atom stereocenters. The summed E-state index contributed by atoms with van der Waals surface area (Å²) >= 11 is 0. The van der Waals surface area contributed by atoms with Gasteiger partial charge < -0.3 is 10.6 Å². The van der Waals surface area contributed by atoms with E-state index in [2.05, 4.69) is 21.7 Å². The summed E-state index contributed by atoms with van der Waals surface area (Å²) in [5, 5.41) is 15.6. The zero-order chi connectivity index (χ0) is 24.1. The number of nitrogens with one attached hydrogen (secondary N) is 2. The van der Waals surface area contributed by atoms with Crippen LogP contribution in [0.3, 0.4) is 0 Å². The SMILES string of the molecule is Cc1ccnc(NC(=O)CN(C)CC(=O)Nc2c(C#N)c3c(n2-c2ccccc2)CCCC3)c1. The summed E-state index contributed by atoms with van der Waals surface area (Å²) in [4.78, 5) is 31.1. The Morgan fingerprint density at radius 2 is 1.79 bits per heavy atom. The van der Waals surface area contributed by atoms with Crippen LogP contribution in [0.4, 0.5) is 11.6 Å². The fourth-order valence-corrected chi connectivity index (χ4v) is 4.40. The first-order chi connectivity index (χ1) is 16.5. The Kier molecular flexibility index (Phi) is 7.04. The quantitative estimate of drug-likeness (QED) is 0.567. The third kappa shape index (κ3) is 5.16. The first-order valence-corrected chi connectivity index (χ1v) is 11.4. The topological polar surface area (TPSA) is 103 Å². The molecule has 8 nitrogen and oxygen atoms in total. The molecule has 4 rings (SSSR count). The minimum absolute atomic E-state index is 0.00414. The Balaban J connectivity index is 1.49. The summed E-state index contributed by atoms with van der Waals surface area (Å²) in [6.45, 7) is 1.96. The van der Waals surface area contributed by atoms with E-state index in [1.54, 1.807) is 24.2 Å². The molecule has 1 aliphatic rings.